The van der Waals surface area contributed by atoms with Crippen LogP contribution in [0.15, 0.2) is 26.0 Å². The lowest BCUT2D eigenvalue weighted by atomic mass is 10.2. The van der Waals surface area contributed by atoms with Crippen LogP contribution in [0.2, 0.25) is 0 Å². The van der Waals surface area contributed by atoms with Crippen LogP contribution in [0.25, 0.3) is 0 Å². The predicted molar refractivity (Wildman–Crippen MR) is 83.8 cm³/mol. The largest absolute Gasteiger partial charge is 0.490 e. The lowest BCUT2D eigenvalue weighted by molar-refractivity contribution is 0.326. The summed E-state index contributed by atoms with van der Waals surface area (Å²) in [4.78, 5) is -0.129. The fourth-order valence-electron chi connectivity index (χ4n) is 1.96. The summed E-state index contributed by atoms with van der Waals surface area (Å²) < 4.78 is 40.8. The lowest BCUT2D eigenvalue weighted by Crippen LogP contribution is -2.13. The Bertz CT molecular complexity index is 864. The van der Waals surface area contributed by atoms with Crippen LogP contribution in [0, 0.1) is 25.2 Å². The van der Waals surface area contributed by atoms with Gasteiger partial charge in [0.2, 0.25) is 0 Å². The van der Waals surface area contributed by atoms with Crippen molar-refractivity contribution < 1.29 is 21.9 Å². The van der Waals surface area contributed by atoms with E-state index in [1.807, 2.05) is 6.07 Å². The van der Waals surface area contributed by atoms with Gasteiger partial charge in [-0.1, -0.05) is 5.16 Å². The number of ether oxygens (including phenoxy) is 1. The van der Waals surface area contributed by atoms with Crippen molar-refractivity contribution in [2.75, 3.05) is 6.61 Å². The summed E-state index contributed by atoms with van der Waals surface area (Å²) in [6, 6.07) is 4.82. The molecular weight excluding hydrogens is 388 g/mol. The first-order chi connectivity index (χ1) is 10.8. The first-order valence-corrected chi connectivity index (χ1v) is 8.74. The summed E-state index contributed by atoms with van der Waals surface area (Å²) >= 11 is 3.20. The molecule has 2 rings (SSSR count). The molecule has 0 N–H and O–H groups in total. The minimum absolute atomic E-state index is 0.0362. The molecule has 0 unspecified atom stereocenters. The fraction of sp³-hybridized carbons (Fsp3) is 0.286. The van der Waals surface area contributed by atoms with Gasteiger partial charge in [0.15, 0.2) is 22.2 Å². The number of halogens is 1. The van der Waals surface area contributed by atoms with Gasteiger partial charge in [0.05, 0.1) is 22.7 Å². The summed E-state index contributed by atoms with van der Waals surface area (Å²) in [6.07, 6.45) is 0. The van der Waals surface area contributed by atoms with Crippen molar-refractivity contribution in [2.45, 2.75) is 25.7 Å². The third kappa shape index (κ3) is 3.48. The number of nitrogens with zero attached hydrogens (tertiary/aromatic N) is 2. The number of rotatable bonds is 5. The van der Waals surface area contributed by atoms with Crippen LogP contribution in [0.4, 0.5) is 0 Å². The smallest absolute Gasteiger partial charge is 0.344 e. The molecule has 0 aliphatic heterocycles. The highest BCUT2D eigenvalue weighted by Gasteiger charge is 2.28. The zero-order valence-electron chi connectivity index (χ0n) is 12.6. The standard InChI is InChI=1S/C14H13BrN2O5S/c1-4-20-12-6-10(7-16)5-11(15)13(12)22-23(18,19)14-8(2)17-21-9(14)3/h5-6H,4H2,1-3H3. The topological polar surface area (TPSA) is 102 Å². The molecule has 0 saturated heterocycles. The SMILES string of the molecule is CCOc1cc(C#N)cc(Br)c1OS(=O)(=O)c1c(C)noc1C. The number of hydrogen-bond acceptors (Lipinski definition) is 7. The summed E-state index contributed by atoms with van der Waals surface area (Å²) in [7, 11) is -4.16. The van der Waals surface area contributed by atoms with Crippen LogP contribution >= 0.6 is 15.9 Å². The Balaban J connectivity index is 2.53. The molecule has 0 atom stereocenters. The van der Waals surface area contributed by atoms with Gasteiger partial charge >= 0.3 is 10.1 Å². The molecule has 23 heavy (non-hydrogen) atoms. The van der Waals surface area contributed by atoms with E-state index in [1.54, 1.807) is 6.92 Å². The molecule has 7 nitrogen and oxygen atoms in total. The highest BCUT2D eigenvalue weighted by molar-refractivity contribution is 9.10. The number of nitriles is 1. The molecule has 1 aromatic carbocycles. The van der Waals surface area contributed by atoms with E-state index in [4.69, 9.17) is 18.7 Å². The van der Waals surface area contributed by atoms with Gasteiger partial charge in [-0.15, -0.1) is 0 Å². The molecule has 122 valence electrons. The number of aromatic nitrogens is 1. The maximum Gasteiger partial charge on any atom is 0.344 e. The molecule has 9 heteroatoms. The molecule has 1 aromatic heterocycles. The zero-order valence-corrected chi connectivity index (χ0v) is 15.0. The maximum absolute atomic E-state index is 12.5. The molecule has 0 bridgehead atoms. The lowest BCUT2D eigenvalue weighted by Gasteiger charge is -2.13. The monoisotopic (exact) mass is 400 g/mol. The number of aryl methyl sites for hydroxylation is 2. The van der Waals surface area contributed by atoms with Gasteiger partial charge in [-0.25, -0.2) is 0 Å². The van der Waals surface area contributed by atoms with Crippen molar-refractivity contribution in [1.82, 2.24) is 5.16 Å². The Labute approximate surface area is 142 Å². The first-order valence-electron chi connectivity index (χ1n) is 6.54. The fourth-order valence-corrected chi connectivity index (χ4v) is 3.85. The molecule has 0 amide bonds. The molecule has 0 saturated carbocycles. The summed E-state index contributed by atoms with van der Waals surface area (Å²) in [5, 5.41) is 12.6. The van der Waals surface area contributed by atoms with E-state index in [0.29, 0.717) is 5.56 Å². The van der Waals surface area contributed by atoms with Crippen molar-refractivity contribution in [3.8, 4) is 17.6 Å². The van der Waals surface area contributed by atoms with Crippen molar-refractivity contribution in [3.05, 3.63) is 33.6 Å². The second-order valence-electron chi connectivity index (χ2n) is 4.52. The van der Waals surface area contributed by atoms with Gasteiger partial charge in [0, 0.05) is 6.07 Å². The van der Waals surface area contributed by atoms with Gasteiger partial charge in [0.25, 0.3) is 0 Å². The third-order valence-electron chi connectivity index (χ3n) is 2.85. The van der Waals surface area contributed by atoms with E-state index in [9.17, 15) is 8.42 Å². The highest BCUT2D eigenvalue weighted by Crippen LogP contribution is 2.39. The summed E-state index contributed by atoms with van der Waals surface area (Å²) in [5.41, 5.74) is 0.507. The van der Waals surface area contributed by atoms with Crippen molar-refractivity contribution in [3.63, 3.8) is 0 Å². The Kier molecular flexibility index (Phi) is 4.97. The molecule has 0 spiro atoms. The predicted octanol–water partition coefficient (Wildman–Crippen LogP) is 3.09. The van der Waals surface area contributed by atoms with Crippen LogP contribution in [0.1, 0.15) is 23.9 Å². The minimum Gasteiger partial charge on any atom is -0.490 e. The first kappa shape index (κ1) is 17.3. The Morgan fingerprint density at radius 2 is 2.09 bits per heavy atom. The van der Waals surface area contributed by atoms with Crippen molar-refractivity contribution >= 4 is 26.0 Å². The Hall–Kier alpha value is -2.05. The average Bonchev–Trinajstić information content (AvgIpc) is 2.82. The van der Waals surface area contributed by atoms with E-state index >= 15 is 0 Å². The van der Waals surface area contributed by atoms with E-state index in [2.05, 4.69) is 21.1 Å². The number of hydrogen-bond donors (Lipinski definition) is 0. The van der Waals surface area contributed by atoms with Gasteiger partial charge < -0.3 is 13.4 Å². The molecule has 0 fully saturated rings. The summed E-state index contributed by atoms with van der Waals surface area (Å²) in [5.74, 6) is 0.241. The Morgan fingerprint density at radius 1 is 1.39 bits per heavy atom. The molecule has 0 aliphatic rings. The van der Waals surface area contributed by atoms with Gasteiger partial charge in [-0.3, -0.25) is 0 Å². The summed E-state index contributed by atoms with van der Waals surface area (Å²) in [6.45, 7) is 5.00. The molecule has 1 heterocycles. The quantitative estimate of drug-likeness (QED) is 0.710. The molecule has 2 aromatic rings. The van der Waals surface area contributed by atoms with Crippen LogP contribution in [-0.2, 0) is 10.1 Å². The van der Waals surface area contributed by atoms with Crippen LogP contribution < -0.4 is 8.92 Å². The van der Waals surface area contributed by atoms with E-state index in [-0.39, 0.29) is 38.9 Å². The van der Waals surface area contributed by atoms with Gasteiger partial charge in [0.1, 0.15) is 5.69 Å². The van der Waals surface area contributed by atoms with Gasteiger partial charge in [-0.05, 0) is 42.8 Å². The third-order valence-corrected chi connectivity index (χ3v) is 4.91. The molecule has 0 radical (unpaired) electrons. The van der Waals surface area contributed by atoms with Crippen LogP contribution in [0.5, 0.6) is 11.5 Å². The second-order valence-corrected chi connectivity index (χ2v) is 6.86. The normalized spacial score (nSPS) is 11.1. The van der Waals surface area contributed by atoms with E-state index in [1.165, 1.54) is 26.0 Å². The number of benzene rings is 1. The minimum atomic E-state index is -4.16. The van der Waals surface area contributed by atoms with Crippen LogP contribution in [0.3, 0.4) is 0 Å². The maximum atomic E-state index is 12.5. The van der Waals surface area contributed by atoms with E-state index in [0.717, 1.165) is 0 Å². The van der Waals surface area contributed by atoms with Crippen molar-refractivity contribution in [1.29, 1.82) is 5.26 Å². The van der Waals surface area contributed by atoms with Crippen LogP contribution in [-0.4, -0.2) is 20.2 Å². The second kappa shape index (κ2) is 6.60. The highest BCUT2D eigenvalue weighted by atomic mass is 79.9. The van der Waals surface area contributed by atoms with Crippen molar-refractivity contribution in [2.24, 2.45) is 0 Å². The Morgan fingerprint density at radius 3 is 2.61 bits per heavy atom. The molecule has 0 aliphatic carbocycles. The molecular formula is C14H13BrN2O5S. The van der Waals surface area contributed by atoms with E-state index < -0.39 is 10.1 Å². The average molecular weight is 401 g/mol. The zero-order chi connectivity index (χ0) is 17.2. The van der Waals surface area contributed by atoms with Gasteiger partial charge in [-0.2, -0.15) is 13.7 Å².